The summed E-state index contributed by atoms with van der Waals surface area (Å²) in [5.74, 6) is 1.08. The summed E-state index contributed by atoms with van der Waals surface area (Å²) in [6.07, 6.45) is 2.36. The molecule has 0 spiro atoms. The molecule has 0 aromatic heterocycles. The highest BCUT2D eigenvalue weighted by Crippen LogP contribution is 2.30. The van der Waals surface area contributed by atoms with Crippen LogP contribution in [0, 0.1) is 0 Å². The molecular formula is C23H27ClN2O3. The van der Waals surface area contributed by atoms with Crippen LogP contribution in [0.15, 0.2) is 49.1 Å². The molecule has 1 fully saturated rings. The normalized spacial score (nSPS) is 14.6. The van der Waals surface area contributed by atoms with Gasteiger partial charge in [-0.15, -0.1) is 6.58 Å². The van der Waals surface area contributed by atoms with Crippen LogP contribution < -0.4 is 4.74 Å². The van der Waals surface area contributed by atoms with Crippen LogP contribution in [0.4, 0.5) is 0 Å². The van der Waals surface area contributed by atoms with Gasteiger partial charge in [-0.1, -0.05) is 17.7 Å². The van der Waals surface area contributed by atoms with E-state index in [0.717, 1.165) is 30.0 Å². The molecule has 1 heterocycles. The van der Waals surface area contributed by atoms with Gasteiger partial charge in [-0.2, -0.15) is 0 Å². The quantitative estimate of drug-likeness (QED) is 0.692. The highest BCUT2D eigenvalue weighted by Gasteiger charge is 2.23. The van der Waals surface area contributed by atoms with Crippen LogP contribution >= 0.6 is 11.6 Å². The van der Waals surface area contributed by atoms with Gasteiger partial charge < -0.3 is 14.7 Å². The van der Waals surface area contributed by atoms with Gasteiger partial charge in [0, 0.05) is 54.4 Å². The van der Waals surface area contributed by atoms with Crippen LogP contribution in [0.1, 0.15) is 28.4 Å². The second kappa shape index (κ2) is 9.81. The van der Waals surface area contributed by atoms with Crippen molar-refractivity contribution in [2.24, 2.45) is 0 Å². The third kappa shape index (κ3) is 5.31. The fourth-order valence-electron chi connectivity index (χ4n) is 3.53. The van der Waals surface area contributed by atoms with Gasteiger partial charge in [0.1, 0.15) is 11.5 Å². The van der Waals surface area contributed by atoms with E-state index >= 15 is 0 Å². The number of nitrogens with zero attached hydrogens (tertiary/aromatic N) is 2. The zero-order valence-corrected chi connectivity index (χ0v) is 17.5. The number of hydrogen-bond acceptors (Lipinski definition) is 4. The van der Waals surface area contributed by atoms with Crippen molar-refractivity contribution in [3.63, 3.8) is 0 Å². The predicted octanol–water partition coefficient (Wildman–Crippen LogP) is 4.13. The summed E-state index contributed by atoms with van der Waals surface area (Å²) in [6.45, 7) is 9.67. The molecule has 0 atom stereocenters. The first kappa shape index (κ1) is 21.2. The van der Waals surface area contributed by atoms with Crippen molar-refractivity contribution in [1.82, 2.24) is 9.80 Å². The first-order valence-corrected chi connectivity index (χ1v) is 10.2. The number of carbonyl (C=O) groups excluding carboxylic acids is 1. The van der Waals surface area contributed by atoms with Crippen LogP contribution in [0.5, 0.6) is 11.5 Å². The van der Waals surface area contributed by atoms with Crippen molar-refractivity contribution in [1.29, 1.82) is 0 Å². The molecule has 1 saturated heterocycles. The maximum atomic E-state index is 12.7. The fourth-order valence-corrected chi connectivity index (χ4v) is 3.66. The van der Waals surface area contributed by atoms with Crippen LogP contribution in [0.3, 0.4) is 0 Å². The van der Waals surface area contributed by atoms with E-state index in [2.05, 4.69) is 11.5 Å². The van der Waals surface area contributed by atoms with Gasteiger partial charge in [-0.3, -0.25) is 9.69 Å². The topological polar surface area (TPSA) is 53.0 Å². The van der Waals surface area contributed by atoms with Gasteiger partial charge in [0.2, 0.25) is 0 Å². The molecule has 2 aromatic carbocycles. The number of amides is 1. The summed E-state index contributed by atoms with van der Waals surface area (Å²) in [7, 11) is 0. The Morgan fingerprint density at radius 2 is 1.83 bits per heavy atom. The summed E-state index contributed by atoms with van der Waals surface area (Å²) in [5.41, 5.74) is 2.31. The zero-order chi connectivity index (χ0) is 20.8. The van der Waals surface area contributed by atoms with E-state index in [1.54, 1.807) is 30.3 Å². The lowest BCUT2D eigenvalue weighted by Crippen LogP contribution is -2.48. The second-order valence-corrected chi connectivity index (χ2v) is 7.53. The lowest BCUT2D eigenvalue weighted by atomic mass is 10.0. The monoisotopic (exact) mass is 414 g/mol. The summed E-state index contributed by atoms with van der Waals surface area (Å²) in [4.78, 5) is 16.8. The Kier molecular flexibility index (Phi) is 7.18. The molecule has 29 heavy (non-hydrogen) atoms. The van der Waals surface area contributed by atoms with E-state index in [4.69, 9.17) is 16.3 Å². The number of rotatable bonds is 7. The molecule has 5 nitrogen and oxygen atoms in total. The summed E-state index contributed by atoms with van der Waals surface area (Å²) >= 11 is 5.91. The number of phenols is 1. The van der Waals surface area contributed by atoms with Gasteiger partial charge in [-0.05, 0) is 49.7 Å². The van der Waals surface area contributed by atoms with Crippen LogP contribution in [-0.2, 0) is 13.0 Å². The minimum Gasteiger partial charge on any atom is -0.507 e. The Labute approximate surface area is 177 Å². The number of aromatic hydroxyl groups is 1. The SMILES string of the molecule is C=CCc1cc(OCC)cc(CN2CCN(C(=O)c3ccc(Cl)cc3)CC2)c1O. The lowest BCUT2D eigenvalue weighted by Gasteiger charge is -2.35. The molecule has 154 valence electrons. The molecule has 0 aliphatic carbocycles. The Morgan fingerprint density at radius 3 is 2.45 bits per heavy atom. The minimum atomic E-state index is 0.0239. The van der Waals surface area contributed by atoms with E-state index in [1.807, 2.05) is 24.0 Å². The maximum Gasteiger partial charge on any atom is 0.253 e. The summed E-state index contributed by atoms with van der Waals surface area (Å²) < 4.78 is 5.66. The lowest BCUT2D eigenvalue weighted by molar-refractivity contribution is 0.0627. The van der Waals surface area contributed by atoms with Crippen molar-refractivity contribution >= 4 is 17.5 Å². The molecular weight excluding hydrogens is 388 g/mol. The Bertz CT molecular complexity index is 859. The van der Waals surface area contributed by atoms with E-state index in [0.29, 0.717) is 49.0 Å². The first-order chi connectivity index (χ1) is 14.0. The highest BCUT2D eigenvalue weighted by atomic mass is 35.5. The summed E-state index contributed by atoms with van der Waals surface area (Å²) in [6, 6.07) is 10.8. The second-order valence-electron chi connectivity index (χ2n) is 7.09. The van der Waals surface area contributed by atoms with Crippen molar-refractivity contribution < 1.29 is 14.6 Å². The maximum absolute atomic E-state index is 12.7. The number of benzene rings is 2. The van der Waals surface area contributed by atoms with Crippen molar-refractivity contribution in [3.8, 4) is 11.5 Å². The number of phenolic OH excluding ortho intramolecular Hbond substituents is 1. The predicted molar refractivity (Wildman–Crippen MR) is 116 cm³/mol. The number of piperazine rings is 1. The first-order valence-electron chi connectivity index (χ1n) is 9.87. The molecule has 0 bridgehead atoms. The summed E-state index contributed by atoms with van der Waals surface area (Å²) in [5, 5.41) is 11.3. The average molecular weight is 415 g/mol. The van der Waals surface area contributed by atoms with Gasteiger partial charge in [-0.25, -0.2) is 0 Å². The molecule has 3 rings (SSSR count). The van der Waals surface area contributed by atoms with Gasteiger partial charge >= 0.3 is 0 Å². The smallest absolute Gasteiger partial charge is 0.253 e. The largest absolute Gasteiger partial charge is 0.507 e. The number of carbonyl (C=O) groups is 1. The van der Waals surface area contributed by atoms with Crippen LogP contribution in [-0.4, -0.2) is 53.6 Å². The van der Waals surface area contributed by atoms with Crippen molar-refractivity contribution in [3.05, 3.63) is 70.8 Å². The standard InChI is InChI=1S/C23H27ClN2O3/c1-3-5-18-14-21(29-4-2)15-19(22(18)27)16-25-10-12-26(13-11-25)23(28)17-6-8-20(24)9-7-17/h3,6-9,14-15,27H,1,4-5,10-13,16H2,2H3. The van der Waals surface area contributed by atoms with E-state index in [-0.39, 0.29) is 5.91 Å². The van der Waals surface area contributed by atoms with Gasteiger partial charge in [0.15, 0.2) is 0 Å². The van der Waals surface area contributed by atoms with Gasteiger partial charge in [0.05, 0.1) is 6.61 Å². The Hall–Kier alpha value is -2.50. The zero-order valence-electron chi connectivity index (χ0n) is 16.7. The molecule has 0 radical (unpaired) electrons. The molecule has 1 N–H and O–H groups in total. The van der Waals surface area contributed by atoms with Crippen molar-refractivity contribution in [2.75, 3.05) is 32.8 Å². The molecule has 6 heteroatoms. The Balaban J connectivity index is 1.65. The molecule has 2 aromatic rings. The molecule has 1 aliphatic rings. The number of ether oxygens (including phenoxy) is 1. The molecule has 1 aliphatic heterocycles. The van der Waals surface area contributed by atoms with Gasteiger partial charge in [0.25, 0.3) is 5.91 Å². The number of allylic oxidation sites excluding steroid dienone is 1. The molecule has 1 amide bonds. The van der Waals surface area contributed by atoms with Crippen LogP contribution in [0.25, 0.3) is 0 Å². The third-order valence-electron chi connectivity index (χ3n) is 5.06. The van der Waals surface area contributed by atoms with E-state index in [1.165, 1.54) is 0 Å². The highest BCUT2D eigenvalue weighted by molar-refractivity contribution is 6.30. The number of halogens is 1. The van der Waals surface area contributed by atoms with Crippen LogP contribution in [0.2, 0.25) is 5.02 Å². The van der Waals surface area contributed by atoms with E-state index in [9.17, 15) is 9.90 Å². The minimum absolute atomic E-state index is 0.0239. The Morgan fingerprint density at radius 1 is 1.17 bits per heavy atom. The third-order valence-corrected chi connectivity index (χ3v) is 5.31. The molecule has 0 unspecified atom stereocenters. The average Bonchev–Trinajstić information content (AvgIpc) is 2.72. The van der Waals surface area contributed by atoms with E-state index < -0.39 is 0 Å². The van der Waals surface area contributed by atoms with Crippen molar-refractivity contribution in [2.45, 2.75) is 19.9 Å². The molecule has 0 saturated carbocycles. The fraction of sp³-hybridized carbons (Fsp3) is 0.348. The number of hydrogen-bond donors (Lipinski definition) is 1.